The zero-order valence-corrected chi connectivity index (χ0v) is 9.37. The Morgan fingerprint density at radius 3 is 2.29 bits per heavy atom. The highest BCUT2D eigenvalue weighted by atomic mass is 19.1. The van der Waals surface area contributed by atoms with Gasteiger partial charge in [-0.3, -0.25) is 4.79 Å². The van der Waals surface area contributed by atoms with Gasteiger partial charge in [0.1, 0.15) is 23.3 Å². The third-order valence-corrected chi connectivity index (χ3v) is 1.94. The van der Waals surface area contributed by atoms with Gasteiger partial charge in [0.25, 0.3) is 0 Å². The molecule has 1 aromatic rings. The summed E-state index contributed by atoms with van der Waals surface area (Å²) in [4.78, 5) is 13.2. The molecule has 0 spiro atoms. The molecule has 17 heavy (non-hydrogen) atoms. The predicted octanol–water partition coefficient (Wildman–Crippen LogP) is 2.12. The van der Waals surface area contributed by atoms with Gasteiger partial charge in [0.05, 0.1) is 5.56 Å². The molecular weight excluding hydrogens is 226 g/mol. The topological polar surface area (TPSA) is 44.1 Å². The number of carbonyl (C=O) groups is 1. The first-order valence-corrected chi connectivity index (χ1v) is 4.74. The zero-order chi connectivity index (χ0) is 13.0. The maximum Gasteiger partial charge on any atom is 0.210 e. The van der Waals surface area contributed by atoms with E-state index in [2.05, 4.69) is 0 Å². The van der Waals surface area contributed by atoms with Crippen molar-refractivity contribution in [2.45, 2.75) is 0 Å². The van der Waals surface area contributed by atoms with Gasteiger partial charge >= 0.3 is 0 Å². The second-order valence-electron chi connectivity index (χ2n) is 3.54. The van der Waals surface area contributed by atoms with Crippen molar-refractivity contribution in [2.24, 2.45) is 0 Å². The highest BCUT2D eigenvalue weighted by Gasteiger charge is 2.20. The molecule has 3 nitrogen and oxygen atoms in total. The molecule has 0 fully saturated rings. The largest absolute Gasteiger partial charge is 0.382 e. The second kappa shape index (κ2) is 5.21. The van der Waals surface area contributed by atoms with E-state index in [1.165, 1.54) is 11.1 Å². The average molecular weight is 236 g/mol. The van der Waals surface area contributed by atoms with Gasteiger partial charge in [0.2, 0.25) is 5.78 Å². The Hall–Kier alpha value is -2.22. The molecule has 1 aromatic carbocycles. The molecule has 0 aliphatic rings. The summed E-state index contributed by atoms with van der Waals surface area (Å²) in [7, 11) is 3.20. The molecule has 0 aliphatic carbocycles. The van der Waals surface area contributed by atoms with Crippen LogP contribution in [0.3, 0.4) is 0 Å². The van der Waals surface area contributed by atoms with Crippen molar-refractivity contribution in [3.63, 3.8) is 0 Å². The molecular formula is C12H10F2N2O. The summed E-state index contributed by atoms with van der Waals surface area (Å²) < 4.78 is 26.6. The van der Waals surface area contributed by atoms with Gasteiger partial charge in [-0.2, -0.15) is 5.26 Å². The molecule has 0 saturated heterocycles. The van der Waals surface area contributed by atoms with E-state index >= 15 is 0 Å². The minimum atomic E-state index is -0.977. The number of ketones is 1. The van der Waals surface area contributed by atoms with E-state index in [1.807, 2.05) is 0 Å². The van der Waals surface area contributed by atoms with Crippen LogP contribution in [0.25, 0.3) is 0 Å². The summed E-state index contributed by atoms with van der Waals surface area (Å²) in [6.07, 6.45) is 1.22. The summed E-state index contributed by atoms with van der Waals surface area (Å²) in [6, 6.07) is 4.72. The van der Waals surface area contributed by atoms with Crippen LogP contribution in [-0.4, -0.2) is 24.8 Å². The number of nitriles is 1. The summed E-state index contributed by atoms with van der Waals surface area (Å²) in [5.74, 6) is -2.92. The van der Waals surface area contributed by atoms with Crippen molar-refractivity contribution in [1.29, 1.82) is 5.26 Å². The lowest BCUT2D eigenvalue weighted by atomic mass is 10.0. The van der Waals surface area contributed by atoms with Crippen molar-refractivity contribution in [3.05, 3.63) is 47.2 Å². The molecule has 0 bridgehead atoms. The van der Waals surface area contributed by atoms with Crippen molar-refractivity contribution in [1.82, 2.24) is 4.90 Å². The Kier molecular flexibility index (Phi) is 3.94. The Bertz CT molecular complexity index is 495. The highest BCUT2D eigenvalue weighted by molar-refractivity contribution is 6.11. The van der Waals surface area contributed by atoms with Gasteiger partial charge in [-0.25, -0.2) is 8.78 Å². The molecule has 0 aromatic heterocycles. The summed E-state index contributed by atoms with van der Waals surface area (Å²) in [6.45, 7) is 0. The molecule has 0 unspecified atom stereocenters. The maximum absolute atomic E-state index is 13.3. The average Bonchev–Trinajstić information content (AvgIpc) is 2.25. The standard InChI is InChI=1S/C12H10F2N2O/c1-16(2)7-8(6-15)12(17)11-9(13)4-3-5-10(11)14/h3-5,7H,1-2H3. The fourth-order valence-corrected chi connectivity index (χ4v) is 1.25. The fraction of sp³-hybridized carbons (Fsp3) is 0.167. The first-order chi connectivity index (χ1) is 7.97. The van der Waals surface area contributed by atoms with E-state index in [4.69, 9.17) is 5.26 Å². The minimum Gasteiger partial charge on any atom is -0.382 e. The number of rotatable bonds is 3. The number of hydrogen-bond acceptors (Lipinski definition) is 3. The molecule has 0 aliphatic heterocycles. The van der Waals surface area contributed by atoms with Crippen LogP contribution < -0.4 is 0 Å². The Morgan fingerprint density at radius 2 is 1.88 bits per heavy atom. The second-order valence-corrected chi connectivity index (χ2v) is 3.54. The number of halogens is 2. The molecule has 0 atom stereocenters. The van der Waals surface area contributed by atoms with Gasteiger partial charge in [0.15, 0.2) is 0 Å². The van der Waals surface area contributed by atoms with Gasteiger partial charge in [-0.1, -0.05) is 6.07 Å². The van der Waals surface area contributed by atoms with Gasteiger partial charge in [-0.05, 0) is 12.1 Å². The zero-order valence-electron chi connectivity index (χ0n) is 9.37. The van der Waals surface area contributed by atoms with E-state index in [-0.39, 0.29) is 5.57 Å². The number of benzene rings is 1. The van der Waals surface area contributed by atoms with Crippen molar-refractivity contribution in [2.75, 3.05) is 14.1 Å². The summed E-state index contributed by atoms with van der Waals surface area (Å²) >= 11 is 0. The number of nitrogens with zero attached hydrogens (tertiary/aromatic N) is 2. The van der Waals surface area contributed by atoms with Crippen LogP contribution in [0.15, 0.2) is 30.0 Å². The molecule has 1 rings (SSSR count). The SMILES string of the molecule is CN(C)C=C(C#N)C(=O)c1c(F)cccc1F. The van der Waals surface area contributed by atoms with Gasteiger partial charge in [-0.15, -0.1) is 0 Å². The van der Waals surface area contributed by atoms with Crippen LogP contribution in [0.5, 0.6) is 0 Å². The lowest BCUT2D eigenvalue weighted by Gasteiger charge is -2.07. The Labute approximate surface area is 97.6 Å². The molecule has 5 heteroatoms. The van der Waals surface area contributed by atoms with Crippen molar-refractivity contribution >= 4 is 5.78 Å². The molecule has 0 N–H and O–H groups in total. The molecule has 0 heterocycles. The van der Waals surface area contributed by atoms with E-state index in [9.17, 15) is 13.6 Å². The minimum absolute atomic E-state index is 0.320. The van der Waals surface area contributed by atoms with Crippen molar-refractivity contribution < 1.29 is 13.6 Å². The molecule has 0 amide bonds. The van der Waals surface area contributed by atoms with Crippen LogP contribution in [0, 0.1) is 23.0 Å². The number of hydrogen-bond donors (Lipinski definition) is 0. The number of Topliss-reactive ketones (excluding diaryl/α,β-unsaturated/α-hetero) is 1. The number of carbonyl (C=O) groups excluding carboxylic acids is 1. The van der Waals surface area contributed by atoms with Gasteiger partial charge in [0, 0.05) is 20.3 Å². The molecule has 0 saturated carbocycles. The number of allylic oxidation sites excluding steroid dienone is 1. The maximum atomic E-state index is 13.3. The molecule has 88 valence electrons. The van der Waals surface area contributed by atoms with Crippen LogP contribution in [0.1, 0.15) is 10.4 Å². The lowest BCUT2D eigenvalue weighted by Crippen LogP contribution is -2.12. The monoisotopic (exact) mass is 236 g/mol. The van der Waals surface area contributed by atoms with Crippen LogP contribution in [0.2, 0.25) is 0 Å². The molecule has 0 radical (unpaired) electrons. The van der Waals surface area contributed by atoms with E-state index in [0.717, 1.165) is 18.2 Å². The van der Waals surface area contributed by atoms with Gasteiger partial charge < -0.3 is 4.90 Å². The van der Waals surface area contributed by atoms with E-state index in [0.29, 0.717) is 0 Å². The van der Waals surface area contributed by atoms with Crippen LogP contribution in [0.4, 0.5) is 8.78 Å². The summed E-state index contributed by atoms with van der Waals surface area (Å²) in [5, 5.41) is 8.78. The Balaban J connectivity index is 3.26. The van der Waals surface area contributed by atoms with Crippen LogP contribution >= 0.6 is 0 Å². The Morgan fingerprint density at radius 1 is 1.35 bits per heavy atom. The third-order valence-electron chi connectivity index (χ3n) is 1.94. The van der Waals surface area contributed by atoms with Crippen LogP contribution in [-0.2, 0) is 0 Å². The normalized spacial score (nSPS) is 10.9. The van der Waals surface area contributed by atoms with Crippen molar-refractivity contribution in [3.8, 4) is 6.07 Å². The van der Waals surface area contributed by atoms with E-state index in [1.54, 1.807) is 20.2 Å². The predicted molar refractivity (Wildman–Crippen MR) is 58.1 cm³/mol. The summed E-state index contributed by atoms with van der Waals surface area (Å²) in [5.41, 5.74) is -1.03. The first kappa shape index (κ1) is 12.8. The first-order valence-electron chi connectivity index (χ1n) is 4.74. The highest BCUT2D eigenvalue weighted by Crippen LogP contribution is 2.16. The van der Waals surface area contributed by atoms with E-state index < -0.39 is 23.0 Å². The smallest absolute Gasteiger partial charge is 0.210 e. The third kappa shape index (κ3) is 2.88. The fourth-order valence-electron chi connectivity index (χ4n) is 1.25. The lowest BCUT2D eigenvalue weighted by molar-refractivity contribution is 0.103. The quantitative estimate of drug-likeness (QED) is 0.458.